The van der Waals surface area contributed by atoms with Gasteiger partial charge in [-0.05, 0) is 111 Å². The maximum atomic E-state index is 3.99. The van der Waals surface area contributed by atoms with Gasteiger partial charge in [-0.3, -0.25) is 0 Å². The minimum atomic E-state index is -0.231. The van der Waals surface area contributed by atoms with Crippen molar-refractivity contribution in [2.24, 2.45) is 0 Å². The van der Waals surface area contributed by atoms with Crippen LogP contribution in [0.3, 0.4) is 0 Å². The molecular formula is C54H42N2. The lowest BCUT2D eigenvalue weighted by Gasteiger charge is -2.28. The highest BCUT2D eigenvalue weighted by molar-refractivity contribution is 6.22. The van der Waals surface area contributed by atoms with Gasteiger partial charge in [-0.2, -0.15) is 0 Å². The van der Waals surface area contributed by atoms with Crippen molar-refractivity contribution in [2.75, 3.05) is 4.90 Å². The maximum absolute atomic E-state index is 3.99. The lowest BCUT2D eigenvalue weighted by Crippen LogP contribution is -2.17. The Morgan fingerprint density at radius 2 is 1.12 bits per heavy atom. The van der Waals surface area contributed by atoms with Gasteiger partial charge in [0.1, 0.15) is 0 Å². The molecule has 10 rings (SSSR count). The van der Waals surface area contributed by atoms with Gasteiger partial charge in [0.05, 0.1) is 11.0 Å². The van der Waals surface area contributed by atoms with Crippen molar-refractivity contribution >= 4 is 55.7 Å². The second-order valence-electron chi connectivity index (χ2n) is 15.4. The predicted molar refractivity (Wildman–Crippen MR) is 240 cm³/mol. The molecule has 1 aliphatic carbocycles. The van der Waals surface area contributed by atoms with Crippen LogP contribution in [0.2, 0.25) is 0 Å². The Morgan fingerprint density at radius 1 is 0.554 bits per heavy atom. The number of hydrogen-bond donors (Lipinski definition) is 0. The molecule has 0 saturated carbocycles. The zero-order valence-electron chi connectivity index (χ0n) is 32.0. The van der Waals surface area contributed by atoms with Gasteiger partial charge in [-0.15, -0.1) is 0 Å². The second kappa shape index (κ2) is 13.1. The van der Waals surface area contributed by atoms with Crippen LogP contribution in [-0.2, 0) is 5.41 Å². The number of benzene rings is 8. The summed E-state index contributed by atoms with van der Waals surface area (Å²) in [5, 5.41) is 5.07. The Kier molecular flexibility index (Phi) is 7.90. The molecule has 0 aliphatic heterocycles. The fourth-order valence-electron chi connectivity index (χ4n) is 9.21. The molecule has 1 heterocycles. The van der Waals surface area contributed by atoms with Crippen LogP contribution in [0.25, 0.3) is 66.6 Å². The molecule has 1 aromatic heterocycles. The highest BCUT2D eigenvalue weighted by Gasteiger charge is 2.37. The third kappa shape index (κ3) is 5.17. The van der Waals surface area contributed by atoms with Crippen LogP contribution in [0.4, 0.5) is 17.1 Å². The van der Waals surface area contributed by atoms with Crippen LogP contribution >= 0.6 is 0 Å². The van der Waals surface area contributed by atoms with Crippen molar-refractivity contribution in [1.82, 2.24) is 4.57 Å². The Balaban J connectivity index is 1.13. The summed E-state index contributed by atoms with van der Waals surface area (Å²) in [4.78, 5) is 2.38. The third-order valence-corrected chi connectivity index (χ3v) is 11.9. The predicted octanol–water partition coefficient (Wildman–Crippen LogP) is 14.9. The summed E-state index contributed by atoms with van der Waals surface area (Å²) in [5.41, 5.74) is 17.0. The highest BCUT2D eigenvalue weighted by Crippen LogP contribution is 2.52. The molecule has 2 nitrogen and oxygen atoms in total. The number of aryl methyl sites for hydroxylation is 1. The van der Waals surface area contributed by atoms with Crippen LogP contribution in [-0.4, -0.2) is 4.57 Å². The molecule has 0 atom stereocenters. The summed E-state index contributed by atoms with van der Waals surface area (Å²) < 4.78 is 2.50. The molecule has 9 aromatic rings. The van der Waals surface area contributed by atoms with E-state index in [1.807, 2.05) is 6.08 Å². The van der Waals surface area contributed by atoms with Crippen LogP contribution in [0.15, 0.2) is 189 Å². The zero-order valence-corrected chi connectivity index (χ0v) is 32.0. The van der Waals surface area contributed by atoms with Crippen LogP contribution in [0, 0.1) is 6.92 Å². The summed E-state index contributed by atoms with van der Waals surface area (Å²) in [7, 11) is 0. The molecule has 0 radical (unpaired) electrons. The first-order valence-electron chi connectivity index (χ1n) is 19.5. The Bertz CT molecular complexity index is 3000. The van der Waals surface area contributed by atoms with E-state index in [9.17, 15) is 0 Å². The molecule has 0 saturated heterocycles. The van der Waals surface area contributed by atoms with E-state index < -0.39 is 0 Å². The summed E-state index contributed by atoms with van der Waals surface area (Å²) in [5.74, 6) is 0. The molecule has 8 aromatic carbocycles. The van der Waals surface area contributed by atoms with Crippen LogP contribution in [0.1, 0.15) is 36.1 Å². The van der Waals surface area contributed by atoms with E-state index in [2.05, 4.69) is 219 Å². The standard InChI is InChI=1S/C54H42N2/c1-5-6-21-44-36(2)43-22-13-14-23-47(43)53-52(44)48-24-15-16-25-51(48)56(53)42-31-33-46-45-32-30-41(34-49(45)54(3,4)50(46)35-42)55(39-19-11-8-12-20-39)40-28-26-38(27-29-40)37-17-9-7-10-18-37/h5-35H,1H2,2-4H3/b21-6-. The molecule has 0 unspecified atom stereocenters. The first kappa shape index (κ1) is 33.7. The van der Waals surface area contributed by atoms with E-state index in [0.717, 1.165) is 17.1 Å². The van der Waals surface area contributed by atoms with E-state index in [0.29, 0.717) is 0 Å². The van der Waals surface area contributed by atoms with E-state index in [-0.39, 0.29) is 5.41 Å². The average molecular weight is 719 g/mol. The van der Waals surface area contributed by atoms with Crippen molar-refractivity contribution in [3.8, 4) is 27.9 Å². The van der Waals surface area contributed by atoms with E-state index in [4.69, 9.17) is 0 Å². The Hall–Kier alpha value is -6.90. The molecule has 2 heteroatoms. The number of nitrogens with zero attached hydrogens (tertiary/aromatic N) is 2. The number of allylic oxidation sites excluding steroid dienone is 2. The first-order valence-corrected chi connectivity index (χ1v) is 19.5. The van der Waals surface area contributed by atoms with Crippen molar-refractivity contribution < 1.29 is 0 Å². The normalized spacial score (nSPS) is 13.1. The van der Waals surface area contributed by atoms with Gasteiger partial charge in [0.25, 0.3) is 0 Å². The maximum Gasteiger partial charge on any atom is 0.0625 e. The summed E-state index contributed by atoms with van der Waals surface area (Å²) in [6.45, 7) is 11.0. The van der Waals surface area contributed by atoms with Gasteiger partial charge in [0.2, 0.25) is 0 Å². The lowest BCUT2D eigenvalue weighted by atomic mass is 9.82. The lowest BCUT2D eigenvalue weighted by molar-refractivity contribution is 0.660. The van der Waals surface area contributed by atoms with Gasteiger partial charge in [0, 0.05) is 44.3 Å². The topological polar surface area (TPSA) is 8.17 Å². The summed E-state index contributed by atoms with van der Waals surface area (Å²) in [6, 6.07) is 62.1. The Morgan fingerprint density at radius 3 is 1.86 bits per heavy atom. The van der Waals surface area contributed by atoms with Crippen molar-refractivity contribution in [1.29, 1.82) is 0 Å². The molecule has 56 heavy (non-hydrogen) atoms. The fourth-order valence-corrected chi connectivity index (χ4v) is 9.21. The number of anilines is 3. The monoisotopic (exact) mass is 718 g/mol. The molecule has 0 N–H and O–H groups in total. The van der Waals surface area contributed by atoms with Crippen LogP contribution < -0.4 is 4.90 Å². The number of aromatic nitrogens is 1. The van der Waals surface area contributed by atoms with E-state index >= 15 is 0 Å². The van der Waals surface area contributed by atoms with Crippen molar-refractivity contribution in [2.45, 2.75) is 26.2 Å². The van der Waals surface area contributed by atoms with E-state index in [1.54, 1.807) is 0 Å². The van der Waals surface area contributed by atoms with Gasteiger partial charge in [-0.1, -0.05) is 154 Å². The summed E-state index contributed by atoms with van der Waals surface area (Å²) in [6.07, 6.45) is 6.15. The molecule has 0 fully saturated rings. The van der Waals surface area contributed by atoms with Crippen molar-refractivity contribution in [3.05, 3.63) is 211 Å². The first-order chi connectivity index (χ1) is 27.4. The Labute approximate surface area is 328 Å². The number of hydrogen-bond acceptors (Lipinski definition) is 1. The van der Waals surface area contributed by atoms with Gasteiger partial charge < -0.3 is 9.47 Å². The number of para-hydroxylation sites is 2. The van der Waals surface area contributed by atoms with Crippen LogP contribution in [0.5, 0.6) is 0 Å². The van der Waals surface area contributed by atoms with E-state index in [1.165, 1.54) is 82.8 Å². The second-order valence-corrected chi connectivity index (χ2v) is 15.4. The smallest absolute Gasteiger partial charge is 0.0625 e. The number of fused-ring (bicyclic) bond motifs is 8. The quantitative estimate of drug-likeness (QED) is 0.149. The largest absolute Gasteiger partial charge is 0.310 e. The van der Waals surface area contributed by atoms with Crippen molar-refractivity contribution in [3.63, 3.8) is 0 Å². The SMILES string of the molecule is C=C/C=C\c1c(C)c2ccccc2c2c1c1ccccc1n2-c1ccc2c(c1)C(C)(C)c1cc(N(c3ccccc3)c3ccc(-c4ccccc4)cc3)ccc1-2. The minimum Gasteiger partial charge on any atom is -0.310 e. The molecule has 0 spiro atoms. The highest BCUT2D eigenvalue weighted by atomic mass is 15.1. The van der Waals surface area contributed by atoms with Gasteiger partial charge >= 0.3 is 0 Å². The average Bonchev–Trinajstić information content (AvgIpc) is 3.70. The molecular weight excluding hydrogens is 677 g/mol. The molecule has 268 valence electrons. The zero-order chi connectivity index (χ0) is 38.0. The van der Waals surface area contributed by atoms with Gasteiger partial charge in [-0.25, -0.2) is 0 Å². The number of rotatable bonds is 7. The molecule has 1 aliphatic rings. The molecule has 0 bridgehead atoms. The minimum absolute atomic E-state index is 0.231. The van der Waals surface area contributed by atoms with Gasteiger partial charge in [0.15, 0.2) is 0 Å². The third-order valence-electron chi connectivity index (χ3n) is 11.9. The molecule has 0 amide bonds. The fraction of sp³-hybridized carbons (Fsp3) is 0.0741. The summed E-state index contributed by atoms with van der Waals surface area (Å²) >= 11 is 0.